The molecule has 0 fully saturated rings. The number of primary amides is 2. The summed E-state index contributed by atoms with van der Waals surface area (Å²) in [5.41, 5.74) is 13.3. The zero-order valence-electron chi connectivity index (χ0n) is 11.0. The average Bonchev–Trinajstić information content (AvgIpc) is 2.86. The van der Waals surface area contributed by atoms with Crippen molar-refractivity contribution in [1.82, 2.24) is 0 Å². The molecule has 20 heavy (non-hydrogen) atoms. The number of thiophene rings is 1. The fourth-order valence-corrected chi connectivity index (χ4v) is 2.61. The van der Waals surface area contributed by atoms with Gasteiger partial charge in [0.2, 0.25) is 11.8 Å². The summed E-state index contributed by atoms with van der Waals surface area (Å²) in [4.78, 5) is 23.1. The second-order valence-electron chi connectivity index (χ2n) is 4.41. The Hall–Kier alpha value is -2.34. The van der Waals surface area contributed by atoms with Gasteiger partial charge in [-0.2, -0.15) is 0 Å². The molecule has 5 nitrogen and oxygen atoms in total. The summed E-state index contributed by atoms with van der Waals surface area (Å²) in [5.74, 6) is -0.863. The lowest BCUT2D eigenvalue weighted by atomic mass is 10.1. The summed E-state index contributed by atoms with van der Waals surface area (Å²) in [6, 6.07) is 7.01. The van der Waals surface area contributed by atoms with E-state index < -0.39 is 11.8 Å². The molecule has 1 aromatic carbocycles. The van der Waals surface area contributed by atoms with Gasteiger partial charge in [-0.1, -0.05) is 0 Å². The van der Waals surface area contributed by atoms with Crippen molar-refractivity contribution < 1.29 is 9.59 Å². The van der Waals surface area contributed by atoms with E-state index in [2.05, 4.69) is 5.32 Å². The molecule has 2 aromatic rings. The van der Waals surface area contributed by atoms with Crippen molar-refractivity contribution in [2.24, 2.45) is 11.5 Å². The molecular formula is C14H15N3O2S. The molecule has 0 atom stereocenters. The molecule has 0 bridgehead atoms. The Morgan fingerprint density at radius 3 is 2.40 bits per heavy atom. The Morgan fingerprint density at radius 2 is 1.85 bits per heavy atom. The average molecular weight is 289 g/mol. The smallest absolute Gasteiger partial charge is 0.249 e. The zero-order chi connectivity index (χ0) is 14.7. The molecule has 0 saturated carbocycles. The third-order valence-corrected chi connectivity index (χ3v) is 3.84. The number of benzene rings is 1. The third kappa shape index (κ3) is 3.16. The lowest BCUT2D eigenvalue weighted by molar-refractivity contribution is 0.0992. The first-order valence-corrected chi connectivity index (χ1v) is 6.87. The van der Waals surface area contributed by atoms with Crippen LogP contribution in [-0.2, 0) is 6.54 Å². The minimum absolute atomic E-state index is 0.422. The maximum absolute atomic E-state index is 11.1. The van der Waals surface area contributed by atoms with Crippen molar-refractivity contribution in [3.05, 3.63) is 51.2 Å². The van der Waals surface area contributed by atoms with E-state index in [4.69, 9.17) is 11.5 Å². The van der Waals surface area contributed by atoms with Gasteiger partial charge in [0.1, 0.15) is 0 Å². The van der Waals surface area contributed by atoms with Crippen molar-refractivity contribution in [3.8, 4) is 0 Å². The molecule has 0 unspecified atom stereocenters. The fraction of sp³-hybridized carbons (Fsp3) is 0.143. The van der Waals surface area contributed by atoms with Crippen LogP contribution in [0.3, 0.4) is 0 Å². The molecule has 0 aliphatic heterocycles. The Balaban J connectivity index is 2.06. The van der Waals surface area contributed by atoms with Gasteiger partial charge in [-0.15, -0.1) is 11.3 Å². The Kier molecular flexibility index (Phi) is 4.05. The van der Waals surface area contributed by atoms with Crippen LogP contribution < -0.4 is 16.8 Å². The van der Waals surface area contributed by atoms with Gasteiger partial charge >= 0.3 is 0 Å². The Morgan fingerprint density at radius 1 is 1.15 bits per heavy atom. The molecule has 2 rings (SSSR count). The van der Waals surface area contributed by atoms with Crippen LogP contribution in [0.5, 0.6) is 0 Å². The monoisotopic (exact) mass is 289 g/mol. The molecule has 6 heteroatoms. The molecule has 0 radical (unpaired) electrons. The standard InChI is InChI=1S/C14H15N3O2S/c1-8-4-9(13(15)18)2-3-12(8)17-6-11-5-10(7-20-11)14(16)19/h2-5,7,17H,6H2,1H3,(H2,15,18)(H2,16,19). The molecule has 0 aliphatic rings. The molecule has 0 spiro atoms. The Labute approximate surface area is 120 Å². The first-order chi connectivity index (χ1) is 9.47. The summed E-state index contributed by atoms with van der Waals surface area (Å²) < 4.78 is 0. The SMILES string of the molecule is Cc1cc(C(N)=O)ccc1NCc1cc(C(N)=O)cs1. The molecule has 0 aliphatic carbocycles. The number of nitrogens with two attached hydrogens (primary N) is 2. The quantitative estimate of drug-likeness (QED) is 0.783. The van der Waals surface area contributed by atoms with E-state index in [1.807, 2.05) is 13.0 Å². The molecule has 1 aromatic heterocycles. The van der Waals surface area contributed by atoms with Crippen LogP contribution in [0, 0.1) is 6.92 Å². The maximum atomic E-state index is 11.1. The van der Waals surface area contributed by atoms with Crippen molar-refractivity contribution in [2.45, 2.75) is 13.5 Å². The maximum Gasteiger partial charge on any atom is 0.249 e. The van der Waals surface area contributed by atoms with Gasteiger partial charge in [-0.05, 0) is 36.8 Å². The lowest BCUT2D eigenvalue weighted by Gasteiger charge is -2.09. The first kappa shape index (κ1) is 14.1. The van der Waals surface area contributed by atoms with Gasteiger partial charge in [0.15, 0.2) is 0 Å². The van der Waals surface area contributed by atoms with E-state index in [1.165, 1.54) is 11.3 Å². The predicted molar refractivity (Wildman–Crippen MR) is 79.9 cm³/mol. The van der Waals surface area contributed by atoms with Crippen LogP contribution in [0.25, 0.3) is 0 Å². The number of hydrogen-bond acceptors (Lipinski definition) is 4. The number of nitrogens with one attached hydrogen (secondary N) is 1. The topological polar surface area (TPSA) is 98.2 Å². The molecule has 5 N–H and O–H groups in total. The summed E-state index contributed by atoms with van der Waals surface area (Å²) in [6.45, 7) is 2.49. The predicted octanol–water partition coefficient (Wildman–Crippen LogP) is 1.87. The normalized spacial score (nSPS) is 10.2. The number of anilines is 1. The van der Waals surface area contributed by atoms with Gasteiger partial charge in [0.25, 0.3) is 0 Å². The Bertz CT molecular complexity index is 664. The molecular weight excluding hydrogens is 274 g/mol. The van der Waals surface area contributed by atoms with Gasteiger partial charge in [-0.3, -0.25) is 9.59 Å². The summed E-state index contributed by atoms with van der Waals surface area (Å²) in [6.07, 6.45) is 0. The van der Waals surface area contributed by atoms with E-state index >= 15 is 0 Å². The molecule has 2 amide bonds. The third-order valence-electron chi connectivity index (χ3n) is 2.90. The molecule has 104 valence electrons. The number of carbonyl (C=O) groups excluding carboxylic acids is 2. The van der Waals surface area contributed by atoms with Crippen LogP contribution in [0.15, 0.2) is 29.6 Å². The fourth-order valence-electron chi connectivity index (χ4n) is 1.80. The highest BCUT2D eigenvalue weighted by molar-refractivity contribution is 7.10. The van der Waals surface area contributed by atoms with Crippen molar-refractivity contribution in [2.75, 3.05) is 5.32 Å². The van der Waals surface area contributed by atoms with E-state index in [9.17, 15) is 9.59 Å². The number of aryl methyl sites for hydroxylation is 1. The van der Waals surface area contributed by atoms with Crippen LogP contribution in [-0.4, -0.2) is 11.8 Å². The minimum Gasteiger partial charge on any atom is -0.380 e. The summed E-state index contributed by atoms with van der Waals surface area (Å²) >= 11 is 1.47. The largest absolute Gasteiger partial charge is 0.380 e. The van der Waals surface area contributed by atoms with E-state index in [0.717, 1.165) is 16.1 Å². The minimum atomic E-state index is -0.441. The van der Waals surface area contributed by atoms with Crippen molar-refractivity contribution >= 4 is 28.8 Å². The van der Waals surface area contributed by atoms with Gasteiger partial charge in [0.05, 0.1) is 5.56 Å². The highest BCUT2D eigenvalue weighted by Gasteiger charge is 2.06. The van der Waals surface area contributed by atoms with Gasteiger partial charge in [0, 0.05) is 28.1 Å². The second-order valence-corrected chi connectivity index (χ2v) is 5.41. The van der Waals surface area contributed by atoms with Crippen LogP contribution in [0.2, 0.25) is 0 Å². The van der Waals surface area contributed by atoms with Crippen LogP contribution in [0.1, 0.15) is 31.2 Å². The molecule has 0 saturated heterocycles. The first-order valence-electron chi connectivity index (χ1n) is 5.99. The number of carbonyl (C=O) groups is 2. The number of hydrogen-bond donors (Lipinski definition) is 3. The lowest BCUT2D eigenvalue weighted by Crippen LogP contribution is -2.11. The van der Waals surface area contributed by atoms with Crippen molar-refractivity contribution in [3.63, 3.8) is 0 Å². The van der Waals surface area contributed by atoms with E-state index in [0.29, 0.717) is 17.7 Å². The van der Waals surface area contributed by atoms with E-state index in [1.54, 1.807) is 23.6 Å². The molecule has 1 heterocycles. The highest BCUT2D eigenvalue weighted by Crippen LogP contribution is 2.20. The zero-order valence-corrected chi connectivity index (χ0v) is 11.8. The van der Waals surface area contributed by atoms with Gasteiger partial charge < -0.3 is 16.8 Å². The van der Waals surface area contributed by atoms with Crippen LogP contribution >= 0.6 is 11.3 Å². The summed E-state index contributed by atoms with van der Waals surface area (Å²) in [5, 5.41) is 4.99. The number of amides is 2. The second kappa shape index (κ2) is 5.75. The number of rotatable bonds is 5. The highest BCUT2D eigenvalue weighted by atomic mass is 32.1. The van der Waals surface area contributed by atoms with Crippen LogP contribution in [0.4, 0.5) is 5.69 Å². The van der Waals surface area contributed by atoms with Gasteiger partial charge in [-0.25, -0.2) is 0 Å². The van der Waals surface area contributed by atoms with Crippen molar-refractivity contribution in [1.29, 1.82) is 0 Å². The van der Waals surface area contributed by atoms with E-state index in [-0.39, 0.29) is 0 Å². The summed E-state index contributed by atoms with van der Waals surface area (Å²) in [7, 11) is 0.